The van der Waals surface area contributed by atoms with Gasteiger partial charge in [0.25, 0.3) is 5.91 Å². The van der Waals surface area contributed by atoms with Gasteiger partial charge in [0.15, 0.2) is 0 Å². The van der Waals surface area contributed by atoms with Crippen molar-refractivity contribution in [1.29, 1.82) is 0 Å². The summed E-state index contributed by atoms with van der Waals surface area (Å²) in [6, 6.07) is 5.79. The van der Waals surface area contributed by atoms with E-state index in [0.29, 0.717) is 12.1 Å². The lowest BCUT2D eigenvalue weighted by Gasteiger charge is -2.20. The van der Waals surface area contributed by atoms with Gasteiger partial charge in [-0.25, -0.2) is 13.1 Å². The summed E-state index contributed by atoms with van der Waals surface area (Å²) in [5.74, 6) is -0.266. The lowest BCUT2D eigenvalue weighted by molar-refractivity contribution is 0.0958. The van der Waals surface area contributed by atoms with Crippen LogP contribution in [-0.4, -0.2) is 26.4 Å². The lowest BCUT2D eigenvalue weighted by Crippen LogP contribution is -2.40. The molecule has 0 fully saturated rings. The van der Waals surface area contributed by atoms with Crippen LogP contribution in [0.15, 0.2) is 41.8 Å². The minimum Gasteiger partial charge on any atom is -0.349 e. The predicted molar refractivity (Wildman–Crippen MR) is 79.0 cm³/mol. The van der Waals surface area contributed by atoms with Crippen LogP contribution in [0.5, 0.6) is 0 Å². The Morgan fingerprint density at radius 2 is 1.80 bits per heavy atom. The molecule has 0 saturated heterocycles. The molecule has 2 N–H and O–H groups in total. The molecule has 110 valence electrons. The van der Waals surface area contributed by atoms with Gasteiger partial charge in [0.05, 0.1) is 4.90 Å². The number of hydrogen-bond donors (Lipinski definition) is 2. The molecule has 0 atom stereocenters. The molecule has 0 unspecified atom stereocenters. The highest BCUT2D eigenvalue weighted by atomic mass is 32.2. The third-order valence-corrected chi connectivity index (χ3v) is 4.05. The molecule has 1 aromatic carbocycles. The summed E-state index contributed by atoms with van der Waals surface area (Å²) in [5.41, 5.74) is -0.152. The van der Waals surface area contributed by atoms with Crippen molar-refractivity contribution in [3.63, 3.8) is 0 Å². The molecule has 20 heavy (non-hydrogen) atoms. The lowest BCUT2D eigenvalue weighted by atomic mass is 10.1. The van der Waals surface area contributed by atoms with Crippen molar-refractivity contribution in [2.45, 2.75) is 31.2 Å². The summed E-state index contributed by atoms with van der Waals surface area (Å²) in [5, 5.41) is 2.62. The van der Waals surface area contributed by atoms with Crippen LogP contribution < -0.4 is 10.0 Å². The Labute approximate surface area is 120 Å². The summed E-state index contributed by atoms with van der Waals surface area (Å²) in [7, 11) is -3.58. The zero-order valence-corrected chi connectivity index (χ0v) is 12.8. The Balaban J connectivity index is 2.91. The fourth-order valence-electron chi connectivity index (χ4n) is 1.51. The van der Waals surface area contributed by atoms with E-state index in [4.69, 9.17) is 0 Å². The van der Waals surface area contributed by atoms with E-state index in [0.717, 1.165) is 0 Å². The van der Waals surface area contributed by atoms with Gasteiger partial charge in [-0.3, -0.25) is 4.79 Å². The zero-order valence-electron chi connectivity index (χ0n) is 11.9. The topological polar surface area (TPSA) is 75.3 Å². The van der Waals surface area contributed by atoms with Gasteiger partial charge in [-0.05, 0) is 45.0 Å². The average Bonchev–Trinajstić information content (AvgIpc) is 2.33. The number of rotatable bonds is 5. The molecule has 0 aromatic heterocycles. The zero-order chi connectivity index (χ0) is 15.4. The van der Waals surface area contributed by atoms with Crippen LogP contribution in [0.1, 0.15) is 31.1 Å². The standard InChI is InChI=1S/C14H20N2O3S/c1-5-10-15-13(17)11-6-8-12(9-7-11)20(18,19)16-14(2,3)4/h5-9,16H,1,10H2,2-4H3,(H,15,17). The van der Waals surface area contributed by atoms with Crippen molar-refractivity contribution >= 4 is 15.9 Å². The summed E-state index contributed by atoms with van der Waals surface area (Å²) in [4.78, 5) is 11.8. The average molecular weight is 296 g/mol. The quantitative estimate of drug-likeness (QED) is 0.812. The molecule has 0 saturated carbocycles. The van der Waals surface area contributed by atoms with Crippen LogP contribution in [-0.2, 0) is 10.0 Å². The van der Waals surface area contributed by atoms with Crippen molar-refractivity contribution in [3.05, 3.63) is 42.5 Å². The van der Waals surface area contributed by atoms with E-state index in [2.05, 4.69) is 16.6 Å². The predicted octanol–water partition coefficient (Wildman–Crippen LogP) is 1.68. The molecule has 0 aliphatic rings. The van der Waals surface area contributed by atoms with Gasteiger partial charge < -0.3 is 5.32 Å². The molecule has 1 aromatic rings. The Morgan fingerprint density at radius 3 is 2.25 bits per heavy atom. The van der Waals surface area contributed by atoms with Crippen molar-refractivity contribution in [2.24, 2.45) is 0 Å². The third kappa shape index (κ3) is 4.79. The summed E-state index contributed by atoms with van der Waals surface area (Å²) in [6.45, 7) is 9.17. The Morgan fingerprint density at radius 1 is 1.25 bits per heavy atom. The smallest absolute Gasteiger partial charge is 0.251 e. The second-order valence-corrected chi connectivity index (χ2v) is 7.06. The number of carbonyl (C=O) groups is 1. The van der Waals surface area contributed by atoms with Gasteiger partial charge >= 0.3 is 0 Å². The molecule has 1 rings (SSSR count). The minimum atomic E-state index is -3.58. The van der Waals surface area contributed by atoms with Gasteiger partial charge in [0.2, 0.25) is 10.0 Å². The Kier molecular flexibility index (Phi) is 5.08. The largest absolute Gasteiger partial charge is 0.349 e. The monoisotopic (exact) mass is 296 g/mol. The van der Waals surface area contributed by atoms with Gasteiger partial charge in [0.1, 0.15) is 0 Å². The van der Waals surface area contributed by atoms with Crippen molar-refractivity contribution in [3.8, 4) is 0 Å². The number of carbonyl (C=O) groups excluding carboxylic acids is 1. The normalized spacial score (nSPS) is 11.9. The van der Waals surface area contributed by atoms with Crippen LogP contribution in [0.25, 0.3) is 0 Å². The van der Waals surface area contributed by atoms with Crippen molar-refractivity contribution in [1.82, 2.24) is 10.0 Å². The van der Waals surface area contributed by atoms with E-state index in [9.17, 15) is 13.2 Å². The van der Waals surface area contributed by atoms with Gasteiger partial charge in [-0.1, -0.05) is 6.08 Å². The maximum atomic E-state index is 12.1. The van der Waals surface area contributed by atoms with E-state index < -0.39 is 15.6 Å². The molecular weight excluding hydrogens is 276 g/mol. The summed E-state index contributed by atoms with van der Waals surface area (Å²) >= 11 is 0. The van der Waals surface area contributed by atoms with Gasteiger partial charge in [-0.2, -0.15) is 0 Å². The van der Waals surface area contributed by atoms with Crippen molar-refractivity contribution < 1.29 is 13.2 Å². The minimum absolute atomic E-state index is 0.132. The van der Waals surface area contributed by atoms with E-state index in [-0.39, 0.29) is 10.8 Å². The molecular formula is C14H20N2O3S. The van der Waals surface area contributed by atoms with Crippen molar-refractivity contribution in [2.75, 3.05) is 6.54 Å². The van der Waals surface area contributed by atoms with Crippen LogP contribution >= 0.6 is 0 Å². The molecule has 0 heterocycles. The first-order chi connectivity index (χ1) is 9.15. The highest BCUT2D eigenvalue weighted by Crippen LogP contribution is 2.13. The molecule has 1 amide bonds. The third-order valence-electron chi connectivity index (χ3n) is 2.27. The number of benzene rings is 1. The molecule has 0 bridgehead atoms. The van der Waals surface area contributed by atoms with Crippen LogP contribution in [0, 0.1) is 0 Å². The second kappa shape index (κ2) is 6.19. The molecule has 6 heteroatoms. The van der Waals surface area contributed by atoms with Crippen LogP contribution in [0.3, 0.4) is 0 Å². The van der Waals surface area contributed by atoms with E-state index >= 15 is 0 Å². The van der Waals surface area contributed by atoms with Crippen LogP contribution in [0.4, 0.5) is 0 Å². The molecule has 0 aliphatic carbocycles. The highest BCUT2D eigenvalue weighted by Gasteiger charge is 2.22. The maximum absolute atomic E-state index is 12.1. The first-order valence-corrected chi connectivity index (χ1v) is 7.67. The fourth-order valence-corrected chi connectivity index (χ4v) is 2.93. The number of amides is 1. The molecule has 0 aliphatic heterocycles. The Bertz CT molecular complexity index is 584. The number of hydrogen-bond acceptors (Lipinski definition) is 3. The second-order valence-electron chi connectivity index (χ2n) is 5.38. The number of sulfonamides is 1. The van der Waals surface area contributed by atoms with Crippen LogP contribution in [0.2, 0.25) is 0 Å². The first-order valence-electron chi connectivity index (χ1n) is 6.19. The molecule has 0 spiro atoms. The fraction of sp³-hybridized carbons (Fsp3) is 0.357. The Hall–Kier alpha value is -1.66. The first kappa shape index (κ1) is 16.4. The van der Waals surface area contributed by atoms with E-state index in [1.54, 1.807) is 26.8 Å². The van der Waals surface area contributed by atoms with Gasteiger partial charge in [0, 0.05) is 17.6 Å². The van der Waals surface area contributed by atoms with Gasteiger partial charge in [-0.15, -0.1) is 6.58 Å². The molecule has 0 radical (unpaired) electrons. The summed E-state index contributed by atoms with van der Waals surface area (Å²) < 4.78 is 26.7. The summed E-state index contributed by atoms with van der Waals surface area (Å²) in [6.07, 6.45) is 1.57. The maximum Gasteiger partial charge on any atom is 0.251 e. The molecule has 5 nitrogen and oxygen atoms in total. The van der Waals surface area contributed by atoms with E-state index in [1.165, 1.54) is 24.3 Å². The SMILES string of the molecule is C=CCNC(=O)c1ccc(S(=O)(=O)NC(C)(C)C)cc1. The number of nitrogens with one attached hydrogen (secondary N) is 2. The highest BCUT2D eigenvalue weighted by molar-refractivity contribution is 7.89. The van der Waals surface area contributed by atoms with E-state index in [1.807, 2.05) is 0 Å².